The second kappa shape index (κ2) is 12.6. The zero-order valence-corrected chi connectivity index (χ0v) is 31.2. The third-order valence-corrected chi connectivity index (χ3v) is 12.3. The molecule has 12 aromatic rings. The fraction of sp³-hybridized carbons (Fsp3) is 0. The van der Waals surface area contributed by atoms with Gasteiger partial charge in [-0.3, -0.25) is 0 Å². The first kappa shape index (κ1) is 31.9. The molecular formula is C51H30N4OS. The average Bonchev–Trinajstić information content (AvgIpc) is 3.96. The van der Waals surface area contributed by atoms with Gasteiger partial charge in [-0.1, -0.05) is 133 Å². The maximum absolute atomic E-state index is 6.51. The van der Waals surface area contributed by atoms with Crippen molar-refractivity contribution in [2.75, 3.05) is 0 Å². The van der Waals surface area contributed by atoms with Crippen LogP contribution in [0.5, 0.6) is 0 Å². The van der Waals surface area contributed by atoms with Gasteiger partial charge in [-0.15, -0.1) is 11.3 Å². The standard InChI is InChI=1S/C51H30N4OS/c1-3-13-31(14-4-1)49-52-50(32-15-5-2-6-16-32)54-51(53-49)39-21-12-24-45-47(39)41-29-33(25-27-44(41)56-45)35-19-11-20-38-40-30-34(26-28-46(40)57-48(35)38)55-42-22-9-7-17-36(42)37-18-8-10-23-43(37)55/h1-30H. The number of aromatic nitrogens is 4. The average molecular weight is 747 g/mol. The molecule has 0 aliphatic carbocycles. The van der Waals surface area contributed by atoms with E-state index in [9.17, 15) is 0 Å². The Morgan fingerprint density at radius 1 is 0.404 bits per heavy atom. The molecule has 0 unspecified atom stereocenters. The summed E-state index contributed by atoms with van der Waals surface area (Å²) >= 11 is 1.85. The molecule has 0 atom stereocenters. The summed E-state index contributed by atoms with van der Waals surface area (Å²) in [7, 11) is 0. The van der Waals surface area contributed by atoms with E-state index in [1.54, 1.807) is 0 Å². The van der Waals surface area contributed by atoms with Gasteiger partial charge in [0, 0.05) is 64.1 Å². The maximum atomic E-state index is 6.51. The summed E-state index contributed by atoms with van der Waals surface area (Å²) in [6.45, 7) is 0. The number of fused-ring (bicyclic) bond motifs is 9. The van der Waals surface area contributed by atoms with Crippen LogP contribution in [0.2, 0.25) is 0 Å². The minimum Gasteiger partial charge on any atom is -0.456 e. The summed E-state index contributed by atoms with van der Waals surface area (Å²) < 4.78 is 11.4. The van der Waals surface area contributed by atoms with E-state index in [-0.39, 0.29) is 0 Å². The molecule has 0 radical (unpaired) electrons. The Kier molecular flexibility index (Phi) is 7.03. The van der Waals surface area contributed by atoms with Crippen LogP contribution in [0.4, 0.5) is 0 Å². The van der Waals surface area contributed by atoms with Crippen molar-refractivity contribution in [2.45, 2.75) is 0 Å². The Hall–Kier alpha value is -7.41. The Labute approximate surface area is 330 Å². The lowest BCUT2D eigenvalue weighted by atomic mass is 9.99. The molecule has 0 saturated heterocycles. The van der Waals surface area contributed by atoms with E-state index in [2.05, 4.69) is 114 Å². The Morgan fingerprint density at radius 2 is 1.02 bits per heavy atom. The van der Waals surface area contributed by atoms with Gasteiger partial charge in [0.1, 0.15) is 11.2 Å². The van der Waals surface area contributed by atoms with Crippen LogP contribution in [-0.2, 0) is 0 Å². The van der Waals surface area contributed by atoms with E-state index < -0.39 is 0 Å². The van der Waals surface area contributed by atoms with E-state index in [0.29, 0.717) is 17.5 Å². The van der Waals surface area contributed by atoms with Gasteiger partial charge in [0.15, 0.2) is 17.5 Å². The van der Waals surface area contributed by atoms with E-state index >= 15 is 0 Å². The van der Waals surface area contributed by atoms with E-state index in [1.165, 1.54) is 47.5 Å². The van der Waals surface area contributed by atoms with Gasteiger partial charge in [0.05, 0.1) is 11.0 Å². The van der Waals surface area contributed by atoms with Crippen molar-refractivity contribution in [1.29, 1.82) is 0 Å². The van der Waals surface area contributed by atoms with Crippen molar-refractivity contribution in [2.24, 2.45) is 0 Å². The first-order valence-electron chi connectivity index (χ1n) is 19.0. The second-order valence-corrected chi connectivity index (χ2v) is 15.4. The van der Waals surface area contributed by atoms with Gasteiger partial charge in [-0.2, -0.15) is 0 Å². The lowest BCUT2D eigenvalue weighted by Gasteiger charge is -2.09. The molecule has 0 aliphatic heterocycles. The van der Waals surface area contributed by atoms with Crippen LogP contribution in [0.3, 0.4) is 0 Å². The number of thiophene rings is 1. The van der Waals surface area contributed by atoms with Crippen LogP contribution in [-0.4, -0.2) is 19.5 Å². The highest BCUT2D eigenvalue weighted by molar-refractivity contribution is 7.26. The predicted molar refractivity (Wildman–Crippen MR) is 236 cm³/mol. The summed E-state index contributed by atoms with van der Waals surface area (Å²) in [6, 6.07) is 63.8. The maximum Gasteiger partial charge on any atom is 0.164 e. The highest BCUT2D eigenvalue weighted by atomic mass is 32.1. The van der Waals surface area contributed by atoms with Crippen molar-refractivity contribution in [3.63, 3.8) is 0 Å². The lowest BCUT2D eigenvalue weighted by Crippen LogP contribution is -2.00. The predicted octanol–water partition coefficient (Wildman–Crippen LogP) is 13.9. The summed E-state index contributed by atoms with van der Waals surface area (Å²) in [4.78, 5) is 15.1. The fourth-order valence-corrected chi connectivity index (χ4v) is 9.68. The molecule has 0 amide bonds. The molecule has 6 heteroatoms. The number of furan rings is 1. The van der Waals surface area contributed by atoms with Crippen LogP contribution in [0, 0.1) is 0 Å². The van der Waals surface area contributed by atoms with Crippen molar-refractivity contribution < 1.29 is 4.42 Å². The molecule has 0 fully saturated rings. The number of hydrogen-bond donors (Lipinski definition) is 0. The van der Waals surface area contributed by atoms with Crippen molar-refractivity contribution in [3.05, 3.63) is 182 Å². The molecule has 4 heterocycles. The fourth-order valence-electron chi connectivity index (χ4n) is 8.46. The molecular weight excluding hydrogens is 717 g/mol. The van der Waals surface area contributed by atoms with Gasteiger partial charge < -0.3 is 8.98 Å². The Morgan fingerprint density at radius 3 is 1.74 bits per heavy atom. The number of hydrogen-bond acceptors (Lipinski definition) is 5. The summed E-state index contributed by atoms with van der Waals surface area (Å²) in [5.74, 6) is 1.86. The SMILES string of the molecule is c1ccc(-c2nc(-c3ccccc3)nc(-c3cccc4oc5ccc(-c6cccc7c6sc6ccc(-n8c9ccccc9c9ccccc98)cc67)cc5c34)n2)cc1. The Bertz CT molecular complexity index is 3420. The third kappa shape index (κ3) is 5.04. The number of benzene rings is 8. The summed E-state index contributed by atoms with van der Waals surface area (Å²) in [5, 5.41) is 7.04. The lowest BCUT2D eigenvalue weighted by molar-refractivity contribution is 0.669. The largest absolute Gasteiger partial charge is 0.456 e. The van der Waals surface area contributed by atoms with Gasteiger partial charge in [0.2, 0.25) is 0 Å². The van der Waals surface area contributed by atoms with Crippen LogP contribution in [0.15, 0.2) is 186 Å². The van der Waals surface area contributed by atoms with E-state index in [1.807, 2.05) is 84.1 Å². The molecule has 0 saturated carbocycles. The molecule has 0 spiro atoms. The van der Waals surface area contributed by atoms with Crippen LogP contribution < -0.4 is 0 Å². The molecule has 12 rings (SSSR count). The Balaban J connectivity index is 1.03. The topological polar surface area (TPSA) is 56.7 Å². The highest BCUT2D eigenvalue weighted by Crippen LogP contribution is 2.44. The molecule has 0 aliphatic rings. The zero-order valence-electron chi connectivity index (χ0n) is 30.4. The van der Waals surface area contributed by atoms with Gasteiger partial charge in [-0.25, -0.2) is 15.0 Å². The number of rotatable bonds is 5. The number of para-hydroxylation sites is 2. The van der Waals surface area contributed by atoms with Gasteiger partial charge in [-0.05, 0) is 59.7 Å². The smallest absolute Gasteiger partial charge is 0.164 e. The zero-order chi connectivity index (χ0) is 37.5. The number of nitrogens with zero attached hydrogens (tertiary/aromatic N) is 4. The molecule has 0 N–H and O–H groups in total. The highest BCUT2D eigenvalue weighted by Gasteiger charge is 2.20. The quantitative estimate of drug-likeness (QED) is 0.176. The molecule has 8 aromatic carbocycles. The van der Waals surface area contributed by atoms with E-state index in [0.717, 1.165) is 49.9 Å². The van der Waals surface area contributed by atoms with E-state index in [4.69, 9.17) is 19.4 Å². The first-order valence-corrected chi connectivity index (χ1v) is 19.8. The minimum atomic E-state index is 0.604. The molecule has 0 bridgehead atoms. The first-order chi connectivity index (χ1) is 28.2. The van der Waals surface area contributed by atoms with Crippen molar-refractivity contribution >= 4 is 75.3 Å². The minimum absolute atomic E-state index is 0.604. The molecule has 5 nitrogen and oxygen atoms in total. The van der Waals surface area contributed by atoms with Crippen LogP contribution in [0.25, 0.3) is 115 Å². The molecule has 57 heavy (non-hydrogen) atoms. The molecule has 4 aromatic heterocycles. The second-order valence-electron chi connectivity index (χ2n) is 14.4. The van der Waals surface area contributed by atoms with Crippen LogP contribution in [0.1, 0.15) is 0 Å². The normalized spacial score (nSPS) is 11.9. The third-order valence-electron chi connectivity index (χ3n) is 11.1. The van der Waals surface area contributed by atoms with Crippen molar-refractivity contribution in [3.8, 4) is 51.0 Å². The monoisotopic (exact) mass is 746 g/mol. The summed E-state index contributed by atoms with van der Waals surface area (Å²) in [6.07, 6.45) is 0. The van der Waals surface area contributed by atoms with Crippen molar-refractivity contribution in [1.82, 2.24) is 19.5 Å². The van der Waals surface area contributed by atoms with Gasteiger partial charge >= 0.3 is 0 Å². The summed E-state index contributed by atoms with van der Waals surface area (Å²) in [5.41, 5.74) is 10.3. The van der Waals surface area contributed by atoms with Gasteiger partial charge in [0.25, 0.3) is 0 Å². The van der Waals surface area contributed by atoms with Crippen LogP contribution >= 0.6 is 11.3 Å². The molecule has 266 valence electrons.